The quantitative estimate of drug-likeness (QED) is 0.0511. The largest absolute Gasteiger partial charge is 0.460 e. The van der Waals surface area contributed by atoms with Crippen molar-refractivity contribution in [3.63, 3.8) is 0 Å². The number of allylic oxidation sites excluding steroid dienone is 7. The number of hydrogen-bond acceptors (Lipinski definition) is 21. The van der Waals surface area contributed by atoms with Gasteiger partial charge in [0.15, 0.2) is 23.8 Å². The number of unbranched alkanes of at least 4 members (excludes halogenated alkanes) is 3. The monoisotopic (exact) mass is 1410 g/mol. The van der Waals surface area contributed by atoms with Gasteiger partial charge in [0.25, 0.3) is 11.7 Å². The Morgan fingerprint density at radius 2 is 1.48 bits per heavy atom. The van der Waals surface area contributed by atoms with Crippen LogP contribution in [0, 0.1) is 46.8 Å². The van der Waals surface area contributed by atoms with Crippen molar-refractivity contribution in [3.05, 3.63) is 81.9 Å². The van der Waals surface area contributed by atoms with Gasteiger partial charge in [0.05, 0.1) is 30.3 Å². The molecule has 2 bridgehead atoms. The number of nitrogens with zero attached hydrogens (tertiary/aromatic N) is 1. The third-order valence-corrected chi connectivity index (χ3v) is 23.5. The Hall–Kier alpha value is -6.56. The summed E-state index contributed by atoms with van der Waals surface area (Å²) < 4.78 is 54.4. The van der Waals surface area contributed by atoms with Gasteiger partial charge in [0.2, 0.25) is 11.6 Å². The van der Waals surface area contributed by atoms with Crippen LogP contribution in [0.15, 0.2) is 69.4 Å². The topological polar surface area (TPSA) is 301 Å². The second-order valence-electron chi connectivity index (χ2n) is 30.8. The first-order valence-corrected chi connectivity index (χ1v) is 37.0. The number of aliphatic hydroxyl groups excluding tert-OH is 1. The van der Waals surface area contributed by atoms with Crippen LogP contribution >= 0.6 is 0 Å². The van der Waals surface area contributed by atoms with Crippen molar-refractivity contribution in [2.45, 2.75) is 270 Å². The molecule has 8 aliphatic rings. The molecule has 0 radical (unpaired) electrons. The number of hydrogen-bond donors (Lipinski definition) is 2. The number of piperidine rings is 1. The Morgan fingerprint density at radius 1 is 0.772 bits per heavy atom. The van der Waals surface area contributed by atoms with Crippen LogP contribution in [-0.2, 0) is 81.7 Å². The van der Waals surface area contributed by atoms with Crippen LogP contribution in [-0.4, -0.2) is 169 Å². The van der Waals surface area contributed by atoms with Crippen LogP contribution in [0.1, 0.15) is 230 Å². The summed E-state index contributed by atoms with van der Waals surface area (Å²) in [5.41, 5.74) is 0.363. The molecule has 556 valence electrons. The number of carbonyl (C=O) groups excluding carboxylic acids is 10. The zero-order valence-corrected chi connectivity index (χ0v) is 61.3. The first kappa shape index (κ1) is 78.6. The fraction of sp³-hybridized carbons (Fsp3) is 0.696. The second-order valence-corrected chi connectivity index (χ2v) is 30.8. The number of Topliss-reactive ketones (excluding diaryl/α,β-unsaturated/α-hetero) is 5. The van der Waals surface area contributed by atoms with E-state index in [1.54, 1.807) is 40.9 Å². The highest BCUT2D eigenvalue weighted by Gasteiger charge is 2.65. The van der Waals surface area contributed by atoms with Gasteiger partial charge in [-0.05, 0) is 145 Å². The molecule has 2 saturated carbocycles. The number of carbonyl (C=O) groups is 10. The summed E-state index contributed by atoms with van der Waals surface area (Å²) in [4.78, 5) is 144. The molecule has 4 aliphatic heterocycles. The van der Waals surface area contributed by atoms with Crippen molar-refractivity contribution < 1.29 is 100 Å². The molecule has 2 saturated heterocycles. The van der Waals surface area contributed by atoms with Crippen LogP contribution in [0.25, 0.3) is 0 Å². The van der Waals surface area contributed by atoms with Crippen molar-refractivity contribution in [2.24, 2.45) is 46.8 Å². The van der Waals surface area contributed by atoms with E-state index in [-0.39, 0.29) is 105 Å². The first-order valence-electron chi connectivity index (χ1n) is 37.0. The molecule has 9 rings (SSSR count). The van der Waals surface area contributed by atoms with E-state index < -0.39 is 137 Å². The molecule has 1 aromatic rings. The first-order chi connectivity index (χ1) is 48.0. The molecule has 22 heteroatoms. The molecule has 4 aliphatic carbocycles. The normalized spacial score (nSPS) is 37.0. The number of amides is 1. The summed E-state index contributed by atoms with van der Waals surface area (Å²) >= 11 is 0. The molecule has 4 fully saturated rings. The summed E-state index contributed by atoms with van der Waals surface area (Å²) in [5.74, 6) is -11.4. The van der Waals surface area contributed by atoms with Crippen molar-refractivity contribution >= 4 is 58.7 Å². The van der Waals surface area contributed by atoms with Crippen molar-refractivity contribution in [2.75, 3.05) is 34.5 Å². The van der Waals surface area contributed by atoms with Crippen LogP contribution < -0.4 is 0 Å². The van der Waals surface area contributed by atoms with E-state index in [1.807, 2.05) is 65.0 Å². The Kier molecular flexibility index (Phi) is 26.4. The van der Waals surface area contributed by atoms with E-state index in [9.17, 15) is 58.2 Å². The van der Waals surface area contributed by atoms with E-state index >= 15 is 0 Å². The lowest BCUT2D eigenvalue weighted by Crippen LogP contribution is -2.61. The molecular formula is C79H109NO21. The van der Waals surface area contributed by atoms with E-state index in [0.717, 1.165) is 18.4 Å². The van der Waals surface area contributed by atoms with Crippen LogP contribution in [0.2, 0.25) is 0 Å². The molecule has 1 amide bonds. The number of ether oxygens (including phenoxy) is 8. The molecule has 0 aromatic carbocycles. The Balaban J connectivity index is 0.915. The molecule has 17 atom stereocenters. The highest BCUT2D eigenvalue weighted by Crippen LogP contribution is 2.61. The van der Waals surface area contributed by atoms with Crippen LogP contribution in [0.3, 0.4) is 0 Å². The Bertz CT molecular complexity index is 3420. The number of esters is 4. The number of fused-ring (bicyclic) bond motifs is 6. The lowest BCUT2D eigenvalue weighted by atomic mass is 9.54. The van der Waals surface area contributed by atoms with Gasteiger partial charge in [-0.1, -0.05) is 90.8 Å². The van der Waals surface area contributed by atoms with Gasteiger partial charge in [0.1, 0.15) is 47.7 Å². The minimum absolute atomic E-state index is 0.0104. The summed E-state index contributed by atoms with van der Waals surface area (Å²) in [6.45, 7) is 16.3. The zero-order chi connectivity index (χ0) is 73.4. The van der Waals surface area contributed by atoms with E-state index in [1.165, 1.54) is 25.4 Å². The van der Waals surface area contributed by atoms with Gasteiger partial charge in [-0.3, -0.25) is 38.4 Å². The highest BCUT2D eigenvalue weighted by molar-refractivity contribution is 6.39. The van der Waals surface area contributed by atoms with Gasteiger partial charge >= 0.3 is 23.9 Å². The van der Waals surface area contributed by atoms with Crippen molar-refractivity contribution in [1.29, 1.82) is 0 Å². The SMILES string of the molecule is COC[C@H]1OC(=O)c2coc3c2[C@@]1(C)C1=C(C3=O)[C@@H]2CCC(=O)[C@@]2(C)C[C@H]1OC(=O)CCCCCCC(=O)O[C@@H]1/C(C)=C/[C@@H](C)C(=O)C[C@@H]([C@H](C)CC2CCC(O)CC2)OC(=O)[C@@H]2CCCCN2C(=O)C(=O)[C@]2(O)O[C@@H](CC[C@H]2C)C[C@H](OC)/C(C)=C/C=C/C=C/[C@@H](C)C[C@@H](C)C(=O)[C@@H]1OC. The van der Waals surface area contributed by atoms with Gasteiger partial charge in [-0.25, -0.2) is 9.59 Å². The van der Waals surface area contributed by atoms with Crippen LogP contribution in [0.4, 0.5) is 0 Å². The van der Waals surface area contributed by atoms with E-state index in [2.05, 4.69) is 0 Å². The van der Waals surface area contributed by atoms with E-state index in [0.29, 0.717) is 106 Å². The van der Waals surface area contributed by atoms with Crippen molar-refractivity contribution in [3.8, 4) is 0 Å². The molecular weight excluding hydrogens is 1300 g/mol. The summed E-state index contributed by atoms with van der Waals surface area (Å²) in [6.07, 6.45) is 13.6. The highest BCUT2D eigenvalue weighted by atomic mass is 16.6. The summed E-state index contributed by atoms with van der Waals surface area (Å²) in [6, 6.07) is -1.20. The zero-order valence-electron chi connectivity index (χ0n) is 61.3. The summed E-state index contributed by atoms with van der Waals surface area (Å²) in [5, 5.41) is 22.5. The minimum atomic E-state index is -2.48. The molecule has 22 nitrogen and oxygen atoms in total. The average molecular weight is 1410 g/mol. The van der Waals surface area contributed by atoms with Gasteiger partial charge in [0, 0.05) is 107 Å². The van der Waals surface area contributed by atoms with Crippen LogP contribution in [0.5, 0.6) is 0 Å². The molecule has 0 spiro atoms. The number of methoxy groups -OCH3 is 3. The smallest absolute Gasteiger partial charge is 0.342 e. The lowest BCUT2D eigenvalue weighted by molar-refractivity contribution is -0.265. The van der Waals surface area contributed by atoms with Gasteiger partial charge in [-0.15, -0.1) is 0 Å². The lowest BCUT2D eigenvalue weighted by Gasteiger charge is -2.51. The molecule has 2 N–H and O–H groups in total. The standard InChI is InChI=1S/C79H109NO21/c1-44-22-16-15-17-23-45(2)58(94-11)39-53-32-27-50(7)79(92,101-53)73(88)74(89)80-35-21-20-24-56(80)76(91)98-59(47(4)38-51-28-30-52(81)31-29-51)40-57(82)46(3)37-49(6)70(72(95-12)68(86)48(5)36-44)100-64(85)26-19-14-13-18-25-63(84)97-60-41-77(8)55(33-34-61(77)83)65-67(60)78(9)62(43-93-10)99-75(90)54-42-96-71(66(54)78)69(65)87/h15-17,22-23,37,42,44,46-48,50-53,55-56,58-60,62,70,72,81,92H,13-14,18-21,24-36,38-41,43H2,1-12H3/b17-15+,22-16+,45-23+,49-37+/t44-,46-,47-,48-,50-,51?,52?,53+,55+,56+,58+,59+,60-,62-,70-,72+,77+,78+,79-/m1/s1. The number of cyclic esters (lactones) is 2. The van der Waals surface area contributed by atoms with Gasteiger partial charge < -0.3 is 57.4 Å². The second kappa shape index (κ2) is 33.9. The third-order valence-electron chi connectivity index (χ3n) is 23.5. The van der Waals surface area contributed by atoms with E-state index in [4.69, 9.17) is 42.3 Å². The number of ketones is 5. The minimum Gasteiger partial charge on any atom is -0.460 e. The average Bonchev–Trinajstić information content (AvgIpc) is 1.64. The number of furan rings is 1. The third kappa shape index (κ3) is 17.1. The molecule has 1 aromatic heterocycles. The Morgan fingerprint density at radius 3 is 2.16 bits per heavy atom. The molecule has 0 unspecified atom stereocenters. The summed E-state index contributed by atoms with van der Waals surface area (Å²) in [7, 11) is 4.41. The molecule has 101 heavy (non-hydrogen) atoms. The van der Waals surface area contributed by atoms with Crippen molar-refractivity contribution in [1.82, 2.24) is 4.90 Å². The maximum atomic E-state index is 14.8. The fourth-order valence-electron chi connectivity index (χ4n) is 17.4. The maximum absolute atomic E-state index is 14.8. The number of aliphatic hydroxyl groups is 2. The fourth-order valence-corrected chi connectivity index (χ4v) is 17.4. The Labute approximate surface area is 594 Å². The maximum Gasteiger partial charge on any atom is 0.342 e. The number of rotatable bonds is 16. The predicted molar refractivity (Wildman–Crippen MR) is 369 cm³/mol. The predicted octanol–water partition coefficient (Wildman–Crippen LogP) is 11.0. The van der Waals surface area contributed by atoms with Gasteiger partial charge in [-0.2, -0.15) is 0 Å². The molecule has 5 heterocycles.